The van der Waals surface area contributed by atoms with E-state index in [4.69, 9.17) is 28.3 Å². The number of benzene rings is 2. The molecule has 3 aromatic rings. The van der Waals surface area contributed by atoms with E-state index >= 15 is 0 Å². The van der Waals surface area contributed by atoms with Crippen LogP contribution in [0.25, 0.3) is 10.9 Å². The summed E-state index contributed by atoms with van der Waals surface area (Å²) in [6.45, 7) is 0.646. The van der Waals surface area contributed by atoms with Crippen molar-refractivity contribution in [3.05, 3.63) is 69.8 Å². The van der Waals surface area contributed by atoms with Crippen LogP contribution in [-0.4, -0.2) is 15.6 Å². The zero-order valence-electron chi connectivity index (χ0n) is 10.9. The molecule has 2 aromatic carbocycles. The van der Waals surface area contributed by atoms with E-state index in [1.165, 1.54) is 0 Å². The molecule has 0 amide bonds. The van der Waals surface area contributed by atoms with Gasteiger partial charge in [0.15, 0.2) is 0 Å². The molecule has 0 atom stereocenters. The first-order chi connectivity index (χ1) is 10.0. The fraction of sp³-hybridized carbons (Fsp3) is 0.0625. The maximum Gasteiger partial charge on any atom is 0.335 e. The molecule has 0 aliphatic rings. The van der Waals surface area contributed by atoms with Gasteiger partial charge in [0, 0.05) is 23.6 Å². The molecule has 0 spiro atoms. The summed E-state index contributed by atoms with van der Waals surface area (Å²) in [6.07, 6.45) is 1.93. The summed E-state index contributed by atoms with van der Waals surface area (Å²) in [4.78, 5) is 11.0. The van der Waals surface area contributed by atoms with Crippen molar-refractivity contribution in [3.63, 3.8) is 0 Å². The van der Waals surface area contributed by atoms with Gasteiger partial charge in [-0.15, -0.1) is 0 Å². The number of fused-ring (bicyclic) bond motifs is 1. The summed E-state index contributed by atoms with van der Waals surface area (Å²) in [7, 11) is 0. The number of nitrogens with zero attached hydrogens (tertiary/aromatic N) is 1. The van der Waals surface area contributed by atoms with E-state index in [0.717, 1.165) is 16.5 Å². The van der Waals surface area contributed by atoms with E-state index < -0.39 is 5.97 Å². The Kier molecular flexibility index (Phi) is 3.62. The van der Waals surface area contributed by atoms with Gasteiger partial charge in [0.25, 0.3) is 0 Å². The minimum absolute atomic E-state index is 0.287. The van der Waals surface area contributed by atoms with Crippen molar-refractivity contribution in [2.24, 2.45) is 0 Å². The molecule has 0 bridgehead atoms. The smallest absolute Gasteiger partial charge is 0.335 e. The van der Waals surface area contributed by atoms with Crippen LogP contribution in [-0.2, 0) is 6.54 Å². The van der Waals surface area contributed by atoms with Crippen molar-refractivity contribution >= 4 is 40.1 Å². The normalized spacial score (nSPS) is 11.0. The highest BCUT2D eigenvalue weighted by Gasteiger charge is 2.07. The summed E-state index contributed by atoms with van der Waals surface area (Å²) >= 11 is 11.9. The van der Waals surface area contributed by atoms with Gasteiger partial charge in [0.1, 0.15) is 0 Å². The van der Waals surface area contributed by atoms with Gasteiger partial charge in [-0.3, -0.25) is 0 Å². The third kappa shape index (κ3) is 2.75. The molecule has 0 unspecified atom stereocenters. The molecule has 106 valence electrons. The van der Waals surface area contributed by atoms with Gasteiger partial charge in [-0.05, 0) is 42.0 Å². The van der Waals surface area contributed by atoms with Gasteiger partial charge >= 0.3 is 5.97 Å². The van der Waals surface area contributed by atoms with E-state index in [2.05, 4.69) is 0 Å². The Morgan fingerprint density at radius 2 is 1.86 bits per heavy atom. The highest BCUT2D eigenvalue weighted by molar-refractivity contribution is 6.42. The molecular formula is C16H11Cl2NO2. The summed E-state index contributed by atoms with van der Waals surface area (Å²) in [5.41, 5.74) is 2.30. The Balaban J connectivity index is 1.97. The number of carbonyl (C=O) groups is 1. The lowest BCUT2D eigenvalue weighted by molar-refractivity contribution is 0.0697. The molecule has 0 aliphatic heterocycles. The first kappa shape index (κ1) is 14.0. The number of carboxylic acid groups (broad SMARTS) is 1. The third-order valence-electron chi connectivity index (χ3n) is 3.35. The maximum absolute atomic E-state index is 11.0. The molecule has 0 radical (unpaired) electrons. The quantitative estimate of drug-likeness (QED) is 0.760. The van der Waals surface area contributed by atoms with Crippen LogP contribution in [0, 0.1) is 0 Å². The van der Waals surface area contributed by atoms with Gasteiger partial charge < -0.3 is 9.67 Å². The second-order valence-corrected chi connectivity index (χ2v) is 5.59. The molecule has 21 heavy (non-hydrogen) atoms. The molecule has 3 rings (SSSR count). The lowest BCUT2D eigenvalue weighted by Gasteiger charge is -2.07. The van der Waals surface area contributed by atoms with Gasteiger partial charge in [-0.1, -0.05) is 29.3 Å². The Labute approximate surface area is 131 Å². The minimum atomic E-state index is -0.922. The van der Waals surface area contributed by atoms with Crippen LogP contribution < -0.4 is 0 Å². The SMILES string of the molecule is O=C(O)c1ccc2c(ccn2Cc2ccc(Cl)c(Cl)c2)c1. The molecule has 0 aliphatic carbocycles. The van der Waals surface area contributed by atoms with E-state index in [9.17, 15) is 4.79 Å². The van der Waals surface area contributed by atoms with Gasteiger partial charge in [0.05, 0.1) is 15.6 Å². The number of halogens is 2. The van der Waals surface area contributed by atoms with Crippen molar-refractivity contribution in [1.82, 2.24) is 4.57 Å². The Morgan fingerprint density at radius 3 is 2.57 bits per heavy atom. The molecule has 1 heterocycles. The van der Waals surface area contributed by atoms with Crippen molar-refractivity contribution in [2.75, 3.05) is 0 Å². The Hall–Kier alpha value is -1.97. The number of rotatable bonds is 3. The first-order valence-electron chi connectivity index (χ1n) is 6.31. The molecular weight excluding hydrogens is 309 g/mol. The zero-order valence-corrected chi connectivity index (χ0v) is 12.4. The highest BCUT2D eigenvalue weighted by atomic mass is 35.5. The maximum atomic E-state index is 11.0. The van der Waals surface area contributed by atoms with Crippen molar-refractivity contribution in [1.29, 1.82) is 0 Å². The minimum Gasteiger partial charge on any atom is -0.478 e. The van der Waals surface area contributed by atoms with Crippen LogP contribution in [0.4, 0.5) is 0 Å². The molecule has 1 aromatic heterocycles. The lowest BCUT2D eigenvalue weighted by Crippen LogP contribution is -1.99. The predicted molar refractivity (Wildman–Crippen MR) is 84.5 cm³/mol. The van der Waals surface area contributed by atoms with Crippen LogP contribution >= 0.6 is 23.2 Å². The van der Waals surface area contributed by atoms with Crippen LogP contribution in [0.5, 0.6) is 0 Å². The lowest BCUT2D eigenvalue weighted by atomic mass is 10.1. The van der Waals surface area contributed by atoms with Crippen LogP contribution in [0.1, 0.15) is 15.9 Å². The number of aromatic carboxylic acids is 1. The predicted octanol–water partition coefficient (Wildman–Crippen LogP) is 4.69. The summed E-state index contributed by atoms with van der Waals surface area (Å²) in [5.74, 6) is -0.922. The largest absolute Gasteiger partial charge is 0.478 e. The van der Waals surface area contributed by atoms with E-state index in [1.54, 1.807) is 18.2 Å². The molecule has 0 fully saturated rings. The van der Waals surface area contributed by atoms with Gasteiger partial charge in [-0.2, -0.15) is 0 Å². The molecule has 3 nitrogen and oxygen atoms in total. The van der Waals surface area contributed by atoms with E-state index in [1.807, 2.05) is 35.0 Å². The zero-order chi connectivity index (χ0) is 15.0. The average Bonchev–Trinajstić information content (AvgIpc) is 2.85. The number of hydrogen-bond acceptors (Lipinski definition) is 1. The number of aromatic nitrogens is 1. The summed E-state index contributed by atoms with van der Waals surface area (Å²) < 4.78 is 2.04. The highest BCUT2D eigenvalue weighted by Crippen LogP contribution is 2.24. The topological polar surface area (TPSA) is 42.2 Å². The molecule has 0 saturated heterocycles. The van der Waals surface area contributed by atoms with Crippen LogP contribution in [0.3, 0.4) is 0 Å². The summed E-state index contributed by atoms with van der Waals surface area (Å²) in [6, 6.07) is 12.5. The molecule has 0 saturated carbocycles. The van der Waals surface area contributed by atoms with Crippen molar-refractivity contribution in [3.8, 4) is 0 Å². The fourth-order valence-electron chi connectivity index (χ4n) is 2.31. The fourth-order valence-corrected chi connectivity index (χ4v) is 2.63. The van der Waals surface area contributed by atoms with Gasteiger partial charge in [0.2, 0.25) is 0 Å². The standard InChI is InChI=1S/C16H11Cl2NO2/c17-13-3-1-10(7-14(13)18)9-19-6-5-11-8-12(16(20)21)2-4-15(11)19/h1-8H,9H2,(H,20,21). The third-order valence-corrected chi connectivity index (χ3v) is 4.09. The van der Waals surface area contributed by atoms with E-state index in [0.29, 0.717) is 16.6 Å². The van der Waals surface area contributed by atoms with E-state index in [-0.39, 0.29) is 5.56 Å². The van der Waals surface area contributed by atoms with Crippen LogP contribution in [0.15, 0.2) is 48.7 Å². The Morgan fingerprint density at radius 1 is 1.05 bits per heavy atom. The number of hydrogen-bond donors (Lipinski definition) is 1. The monoisotopic (exact) mass is 319 g/mol. The first-order valence-corrected chi connectivity index (χ1v) is 7.06. The van der Waals surface area contributed by atoms with Crippen LogP contribution in [0.2, 0.25) is 10.0 Å². The second-order valence-electron chi connectivity index (χ2n) is 4.77. The second kappa shape index (κ2) is 5.43. The average molecular weight is 320 g/mol. The summed E-state index contributed by atoms with van der Waals surface area (Å²) in [5, 5.41) is 11.0. The number of carboxylic acids is 1. The van der Waals surface area contributed by atoms with Crippen molar-refractivity contribution < 1.29 is 9.90 Å². The molecule has 1 N–H and O–H groups in total. The molecule has 5 heteroatoms. The Bertz CT molecular complexity index is 839. The van der Waals surface area contributed by atoms with Gasteiger partial charge in [-0.25, -0.2) is 4.79 Å². The van der Waals surface area contributed by atoms with Crippen molar-refractivity contribution in [2.45, 2.75) is 6.54 Å².